The van der Waals surface area contributed by atoms with Crippen LogP contribution in [0.3, 0.4) is 0 Å². The molecular weight excluding hydrogens is 337 g/mol. The predicted molar refractivity (Wildman–Crippen MR) is 98.3 cm³/mol. The summed E-state index contributed by atoms with van der Waals surface area (Å²) in [6, 6.07) is 2.77. The van der Waals surface area contributed by atoms with E-state index in [4.69, 9.17) is 4.74 Å². The number of halogens is 3. The second-order valence-electron chi connectivity index (χ2n) is 8.15. The van der Waals surface area contributed by atoms with Gasteiger partial charge in [-0.25, -0.2) is 13.2 Å². The van der Waals surface area contributed by atoms with Gasteiger partial charge in [0, 0.05) is 0 Å². The van der Waals surface area contributed by atoms with E-state index < -0.39 is 24.1 Å². The van der Waals surface area contributed by atoms with Gasteiger partial charge in [0.25, 0.3) is 0 Å². The minimum Gasteiger partial charge on any atom is -0.485 e. The van der Waals surface area contributed by atoms with Crippen LogP contribution in [0, 0.1) is 29.4 Å². The Morgan fingerprint density at radius 1 is 0.885 bits per heavy atom. The maximum absolute atomic E-state index is 14.1. The van der Waals surface area contributed by atoms with E-state index in [0.717, 1.165) is 49.0 Å². The highest BCUT2D eigenvalue weighted by Gasteiger charge is 2.31. The molecule has 0 N–H and O–H groups in total. The zero-order valence-electron chi connectivity index (χ0n) is 15.8. The van der Waals surface area contributed by atoms with E-state index in [1.807, 2.05) is 0 Å². The van der Waals surface area contributed by atoms with Crippen molar-refractivity contribution in [3.63, 3.8) is 0 Å². The number of benzene rings is 1. The largest absolute Gasteiger partial charge is 0.485 e. The van der Waals surface area contributed by atoms with Crippen molar-refractivity contribution >= 4 is 0 Å². The van der Waals surface area contributed by atoms with Crippen LogP contribution in [0.5, 0.6) is 5.75 Å². The third-order valence-electron chi connectivity index (χ3n) is 6.72. The molecule has 2 aliphatic carbocycles. The molecule has 0 heterocycles. The molecular formula is C22H31F3O. The molecule has 0 bridgehead atoms. The summed E-state index contributed by atoms with van der Waals surface area (Å²) in [4.78, 5) is 0. The highest BCUT2D eigenvalue weighted by molar-refractivity contribution is 5.33. The molecule has 0 spiro atoms. The summed E-state index contributed by atoms with van der Waals surface area (Å²) >= 11 is 0. The fourth-order valence-electron chi connectivity index (χ4n) is 5.09. The predicted octanol–water partition coefficient (Wildman–Crippen LogP) is 6.80. The molecule has 0 atom stereocenters. The molecule has 2 fully saturated rings. The fraction of sp³-hybridized carbons (Fsp3) is 0.727. The lowest BCUT2D eigenvalue weighted by Gasteiger charge is -2.38. The van der Waals surface area contributed by atoms with Crippen molar-refractivity contribution < 1.29 is 17.9 Å². The molecule has 1 nitrogen and oxygen atoms in total. The lowest BCUT2D eigenvalue weighted by molar-refractivity contribution is 0.158. The number of alkyl halides is 1. The highest BCUT2D eigenvalue weighted by Crippen LogP contribution is 2.44. The average Bonchev–Trinajstić information content (AvgIpc) is 2.67. The molecule has 26 heavy (non-hydrogen) atoms. The van der Waals surface area contributed by atoms with Crippen LogP contribution in [0.4, 0.5) is 13.2 Å². The Balaban J connectivity index is 1.56. The molecule has 0 aliphatic heterocycles. The first-order chi connectivity index (χ1) is 12.6. The number of ether oxygens (including phenoxy) is 1. The van der Waals surface area contributed by atoms with Gasteiger partial charge in [-0.3, -0.25) is 0 Å². The smallest absolute Gasteiger partial charge is 0.190 e. The summed E-state index contributed by atoms with van der Waals surface area (Å²) in [7, 11) is 0. The van der Waals surface area contributed by atoms with Gasteiger partial charge >= 0.3 is 0 Å². The molecule has 0 aromatic heterocycles. The fourth-order valence-corrected chi connectivity index (χ4v) is 5.09. The van der Waals surface area contributed by atoms with Gasteiger partial charge in [0.15, 0.2) is 17.4 Å². The van der Waals surface area contributed by atoms with Gasteiger partial charge in [0.05, 0.1) is 0 Å². The lowest BCUT2D eigenvalue weighted by atomic mass is 9.68. The zero-order valence-corrected chi connectivity index (χ0v) is 15.8. The van der Waals surface area contributed by atoms with Crippen LogP contribution in [0.15, 0.2) is 12.1 Å². The van der Waals surface area contributed by atoms with Gasteiger partial charge < -0.3 is 4.74 Å². The van der Waals surface area contributed by atoms with Crippen molar-refractivity contribution in [1.29, 1.82) is 0 Å². The van der Waals surface area contributed by atoms with Gasteiger partial charge in [-0.2, -0.15) is 0 Å². The summed E-state index contributed by atoms with van der Waals surface area (Å²) in [6.07, 6.45) is 11.1. The van der Waals surface area contributed by atoms with Crippen LogP contribution in [-0.4, -0.2) is 13.3 Å². The molecule has 3 rings (SSSR count). The van der Waals surface area contributed by atoms with E-state index in [0.29, 0.717) is 0 Å². The van der Waals surface area contributed by atoms with Crippen molar-refractivity contribution in [2.75, 3.05) is 13.3 Å². The molecule has 0 radical (unpaired) electrons. The molecule has 2 saturated carbocycles. The minimum absolute atomic E-state index is 0.220. The van der Waals surface area contributed by atoms with Gasteiger partial charge in [-0.15, -0.1) is 0 Å². The highest BCUT2D eigenvalue weighted by atomic mass is 19.1. The van der Waals surface area contributed by atoms with Gasteiger partial charge in [0.1, 0.15) is 13.3 Å². The van der Waals surface area contributed by atoms with Gasteiger partial charge in [-0.05, 0) is 79.9 Å². The molecule has 146 valence electrons. The molecule has 2 aliphatic rings. The first kappa shape index (κ1) is 19.6. The second-order valence-corrected chi connectivity index (χ2v) is 8.15. The van der Waals surface area contributed by atoms with Crippen molar-refractivity contribution in [2.45, 2.75) is 70.6 Å². The molecule has 0 unspecified atom stereocenters. The molecule has 0 amide bonds. The molecule has 1 aromatic rings. The average molecular weight is 368 g/mol. The van der Waals surface area contributed by atoms with E-state index in [9.17, 15) is 13.2 Å². The van der Waals surface area contributed by atoms with Crippen molar-refractivity contribution in [3.05, 3.63) is 29.3 Å². The van der Waals surface area contributed by atoms with Crippen LogP contribution in [0.25, 0.3) is 0 Å². The second kappa shape index (κ2) is 9.14. The van der Waals surface area contributed by atoms with E-state index in [2.05, 4.69) is 6.92 Å². The third-order valence-corrected chi connectivity index (χ3v) is 6.72. The van der Waals surface area contributed by atoms with E-state index in [-0.39, 0.29) is 12.5 Å². The third kappa shape index (κ3) is 4.55. The standard InChI is InChI=1S/C22H31F3O/c1-2-15-3-5-16(6-4-15)17-7-9-18(10-8-17)19-13-20(24)22(21(25)14-19)26-12-11-23/h13-18H,2-12H2,1H3. The number of hydrogen-bond acceptors (Lipinski definition) is 1. The van der Waals surface area contributed by atoms with E-state index in [1.165, 1.54) is 44.2 Å². The molecule has 0 saturated heterocycles. The van der Waals surface area contributed by atoms with Crippen LogP contribution < -0.4 is 4.74 Å². The Morgan fingerprint density at radius 2 is 1.42 bits per heavy atom. The molecule has 4 heteroatoms. The van der Waals surface area contributed by atoms with E-state index >= 15 is 0 Å². The summed E-state index contributed by atoms with van der Waals surface area (Å²) in [5, 5.41) is 0. The maximum atomic E-state index is 14.1. The Labute approximate surface area is 155 Å². The maximum Gasteiger partial charge on any atom is 0.190 e. The van der Waals surface area contributed by atoms with Gasteiger partial charge in [-0.1, -0.05) is 26.2 Å². The normalized spacial score (nSPS) is 29.5. The number of hydrogen-bond donors (Lipinski definition) is 0. The van der Waals surface area contributed by atoms with Crippen LogP contribution in [-0.2, 0) is 0 Å². The molecule has 1 aromatic carbocycles. The summed E-state index contributed by atoms with van der Waals surface area (Å²) in [6.45, 7) is 1.21. The monoisotopic (exact) mass is 368 g/mol. The Kier molecular flexibility index (Phi) is 6.88. The summed E-state index contributed by atoms with van der Waals surface area (Å²) in [5.74, 6) is 0.897. The first-order valence-corrected chi connectivity index (χ1v) is 10.3. The Morgan fingerprint density at radius 3 is 1.92 bits per heavy atom. The summed E-state index contributed by atoms with van der Waals surface area (Å²) < 4.78 is 45.3. The van der Waals surface area contributed by atoms with Gasteiger partial charge in [0.2, 0.25) is 0 Å². The number of rotatable bonds is 6. The topological polar surface area (TPSA) is 9.23 Å². The van der Waals surface area contributed by atoms with Crippen molar-refractivity contribution in [2.24, 2.45) is 17.8 Å². The Bertz CT molecular complexity index is 550. The zero-order chi connectivity index (χ0) is 18.5. The van der Waals surface area contributed by atoms with Crippen molar-refractivity contribution in [1.82, 2.24) is 0 Å². The van der Waals surface area contributed by atoms with Crippen LogP contribution >= 0.6 is 0 Å². The van der Waals surface area contributed by atoms with Crippen LogP contribution in [0.2, 0.25) is 0 Å². The first-order valence-electron chi connectivity index (χ1n) is 10.3. The van der Waals surface area contributed by atoms with E-state index in [1.54, 1.807) is 0 Å². The van der Waals surface area contributed by atoms with Crippen LogP contribution in [0.1, 0.15) is 76.2 Å². The SMILES string of the molecule is CCC1CCC(C2CCC(c3cc(F)c(OCCF)c(F)c3)CC2)CC1. The summed E-state index contributed by atoms with van der Waals surface area (Å²) in [5.41, 5.74) is 0.723. The minimum atomic E-state index is -0.759. The lowest BCUT2D eigenvalue weighted by Crippen LogP contribution is -2.25. The Hall–Kier alpha value is -1.19. The quantitative estimate of drug-likeness (QED) is 0.536. The van der Waals surface area contributed by atoms with Crippen molar-refractivity contribution in [3.8, 4) is 5.75 Å².